The minimum absolute atomic E-state index is 0.858. The second-order valence-corrected chi connectivity index (χ2v) is 16.8. The Balaban J connectivity index is 1.07. The van der Waals surface area contributed by atoms with Gasteiger partial charge >= 0.3 is 0 Å². The van der Waals surface area contributed by atoms with E-state index < -0.39 is 0 Å². The molecule has 0 saturated heterocycles. The van der Waals surface area contributed by atoms with Crippen LogP contribution in [0, 0.1) is 6.92 Å². The van der Waals surface area contributed by atoms with Crippen LogP contribution in [0.15, 0.2) is 209 Å². The van der Waals surface area contributed by atoms with Crippen molar-refractivity contribution in [1.82, 2.24) is 0 Å². The summed E-state index contributed by atoms with van der Waals surface area (Å²) in [6.07, 6.45) is 4.30. The Hall–Kier alpha value is -8.34. The Bertz CT molecular complexity index is 3990. The quantitative estimate of drug-likeness (QED) is 0.150. The molecular formula is C60H40N2O2. The van der Waals surface area contributed by atoms with Crippen LogP contribution >= 0.6 is 0 Å². The predicted octanol–water partition coefficient (Wildman–Crippen LogP) is 17.8. The van der Waals surface area contributed by atoms with Gasteiger partial charge in [-0.2, -0.15) is 0 Å². The molecule has 0 aliphatic rings. The van der Waals surface area contributed by atoms with Gasteiger partial charge in [-0.05, 0) is 118 Å². The Kier molecular flexibility index (Phi) is 8.00. The van der Waals surface area contributed by atoms with Crippen molar-refractivity contribution in [2.24, 2.45) is 0 Å². The van der Waals surface area contributed by atoms with Crippen molar-refractivity contribution < 1.29 is 8.83 Å². The lowest BCUT2D eigenvalue weighted by molar-refractivity contribution is 0.669. The van der Waals surface area contributed by atoms with E-state index in [4.69, 9.17) is 8.83 Å². The summed E-state index contributed by atoms with van der Waals surface area (Å²) in [6, 6.07) is 69.8. The fourth-order valence-corrected chi connectivity index (χ4v) is 10.4. The number of aryl methyl sites for hydroxylation is 1. The van der Waals surface area contributed by atoms with Gasteiger partial charge in [0.15, 0.2) is 11.2 Å². The zero-order valence-corrected chi connectivity index (χ0v) is 35.3. The molecule has 13 aromatic rings. The van der Waals surface area contributed by atoms with Gasteiger partial charge in [-0.1, -0.05) is 146 Å². The lowest BCUT2D eigenvalue weighted by Crippen LogP contribution is -2.11. The molecule has 302 valence electrons. The number of rotatable bonds is 7. The van der Waals surface area contributed by atoms with Crippen molar-refractivity contribution in [3.8, 4) is 0 Å². The van der Waals surface area contributed by atoms with E-state index in [0.717, 1.165) is 88.8 Å². The van der Waals surface area contributed by atoms with E-state index >= 15 is 0 Å². The maximum absolute atomic E-state index is 6.88. The molecule has 0 spiro atoms. The molecule has 0 atom stereocenters. The number of fused-ring (bicyclic) bond motifs is 8. The van der Waals surface area contributed by atoms with Gasteiger partial charge in [0, 0.05) is 43.7 Å². The number of benzene rings is 11. The number of anilines is 6. The minimum Gasteiger partial charge on any atom is -0.454 e. The van der Waals surface area contributed by atoms with Crippen molar-refractivity contribution in [1.29, 1.82) is 0 Å². The zero-order valence-electron chi connectivity index (χ0n) is 35.3. The van der Waals surface area contributed by atoms with Crippen LogP contribution in [0.5, 0.6) is 0 Å². The summed E-state index contributed by atoms with van der Waals surface area (Å²) >= 11 is 0. The highest BCUT2D eigenvalue weighted by Gasteiger charge is 2.26. The number of nitrogens with zero attached hydrogens (tertiary/aromatic N) is 2. The molecule has 11 aromatic carbocycles. The maximum atomic E-state index is 6.88. The molecule has 2 aromatic heterocycles. The molecule has 4 nitrogen and oxygen atoms in total. The second kappa shape index (κ2) is 14.1. The fraction of sp³-hybridized carbons (Fsp3) is 0.0333. The summed E-state index contributed by atoms with van der Waals surface area (Å²) in [5.41, 5.74) is 12.1. The first-order valence-electron chi connectivity index (χ1n) is 22.0. The summed E-state index contributed by atoms with van der Waals surface area (Å²) in [7, 11) is 0. The van der Waals surface area contributed by atoms with E-state index in [1.165, 1.54) is 43.4 Å². The van der Waals surface area contributed by atoms with Gasteiger partial charge in [-0.25, -0.2) is 0 Å². The molecule has 0 aliphatic heterocycles. The smallest absolute Gasteiger partial charge is 0.159 e. The molecule has 64 heavy (non-hydrogen) atoms. The standard InChI is InChI=1S/C60H40N2O2/c1-3-14-43-37(2)25-35-53-57(43)47-21-12-23-51(59(47)63-53)61(41-16-6-4-7-17-41)49-33-28-39-27-32-46-50(34-29-40-26-31-45(49)55(39)56(40)46)62(42-18-8-5-9-19-42)52-24-13-22-48-58-44-20-11-10-15-38(44)30-36-54(58)64-60(48)52/h3-36H,1-2H3. The van der Waals surface area contributed by atoms with Crippen LogP contribution < -0.4 is 9.80 Å². The van der Waals surface area contributed by atoms with Crippen LogP contribution in [0.1, 0.15) is 18.1 Å². The largest absolute Gasteiger partial charge is 0.454 e. The lowest BCUT2D eigenvalue weighted by Gasteiger charge is -2.29. The lowest BCUT2D eigenvalue weighted by atomic mass is 9.91. The van der Waals surface area contributed by atoms with E-state index in [1.54, 1.807) is 0 Å². The van der Waals surface area contributed by atoms with E-state index in [9.17, 15) is 0 Å². The van der Waals surface area contributed by atoms with Gasteiger partial charge in [-0.3, -0.25) is 0 Å². The highest BCUT2D eigenvalue weighted by atomic mass is 16.3. The first-order chi connectivity index (χ1) is 31.6. The van der Waals surface area contributed by atoms with E-state index in [-0.39, 0.29) is 0 Å². The van der Waals surface area contributed by atoms with Crippen LogP contribution in [0.2, 0.25) is 0 Å². The van der Waals surface area contributed by atoms with Gasteiger partial charge in [0.1, 0.15) is 11.2 Å². The zero-order chi connectivity index (χ0) is 42.5. The van der Waals surface area contributed by atoms with Gasteiger partial charge < -0.3 is 18.6 Å². The van der Waals surface area contributed by atoms with Crippen molar-refractivity contribution in [3.63, 3.8) is 0 Å². The number of allylic oxidation sites excluding steroid dienone is 1. The monoisotopic (exact) mass is 820 g/mol. The summed E-state index contributed by atoms with van der Waals surface area (Å²) in [6.45, 7) is 4.24. The van der Waals surface area contributed by atoms with Crippen LogP contribution in [-0.4, -0.2) is 0 Å². The highest BCUT2D eigenvalue weighted by Crippen LogP contribution is 2.51. The Labute approximate surface area is 369 Å². The highest BCUT2D eigenvalue weighted by molar-refractivity contribution is 6.29. The van der Waals surface area contributed by atoms with Crippen LogP contribution in [-0.2, 0) is 0 Å². The number of furan rings is 2. The second-order valence-electron chi connectivity index (χ2n) is 16.8. The van der Waals surface area contributed by atoms with E-state index in [1.807, 2.05) is 0 Å². The van der Waals surface area contributed by atoms with Crippen LogP contribution in [0.25, 0.3) is 93.0 Å². The van der Waals surface area contributed by atoms with Crippen LogP contribution in [0.3, 0.4) is 0 Å². The molecule has 0 unspecified atom stereocenters. The molecule has 0 amide bonds. The molecule has 0 fully saturated rings. The predicted molar refractivity (Wildman–Crippen MR) is 271 cm³/mol. The fourth-order valence-electron chi connectivity index (χ4n) is 10.4. The molecule has 0 aliphatic carbocycles. The minimum atomic E-state index is 0.858. The van der Waals surface area contributed by atoms with Crippen LogP contribution in [0.4, 0.5) is 34.1 Å². The van der Waals surface area contributed by atoms with Crippen molar-refractivity contribution >= 4 is 127 Å². The Morgan fingerprint density at radius 1 is 0.359 bits per heavy atom. The molecule has 0 N–H and O–H groups in total. The van der Waals surface area contributed by atoms with Gasteiger partial charge in [0.05, 0.1) is 22.7 Å². The number of para-hydroxylation sites is 4. The van der Waals surface area contributed by atoms with Crippen molar-refractivity contribution in [2.45, 2.75) is 13.8 Å². The topological polar surface area (TPSA) is 32.8 Å². The molecular weight excluding hydrogens is 781 g/mol. The van der Waals surface area contributed by atoms with Crippen molar-refractivity contribution in [3.05, 3.63) is 211 Å². The maximum Gasteiger partial charge on any atom is 0.159 e. The third-order valence-electron chi connectivity index (χ3n) is 13.2. The van der Waals surface area contributed by atoms with Crippen molar-refractivity contribution in [2.75, 3.05) is 9.80 Å². The molecule has 4 heteroatoms. The first-order valence-corrected chi connectivity index (χ1v) is 22.0. The van der Waals surface area contributed by atoms with Gasteiger partial charge in [0.2, 0.25) is 0 Å². The SMILES string of the molecule is CC=Cc1c(C)ccc2oc3c(N(c4ccccc4)c4ccc5ccc6c(N(c7ccccc7)c7cccc8c7oc7ccc9ccccc9c78)ccc7ccc4c5c76)cccc3c12. The molecule has 13 rings (SSSR count). The average Bonchev–Trinajstić information content (AvgIpc) is 3.93. The van der Waals surface area contributed by atoms with Gasteiger partial charge in [0.25, 0.3) is 0 Å². The number of hydrogen-bond acceptors (Lipinski definition) is 4. The third-order valence-corrected chi connectivity index (χ3v) is 13.2. The summed E-state index contributed by atoms with van der Waals surface area (Å²) in [4.78, 5) is 4.75. The Morgan fingerprint density at radius 3 is 1.44 bits per heavy atom. The first kappa shape index (κ1) is 36.3. The summed E-state index contributed by atoms with van der Waals surface area (Å²) in [5.74, 6) is 0. The third kappa shape index (κ3) is 5.29. The molecule has 0 saturated carbocycles. The average molecular weight is 821 g/mol. The van der Waals surface area contributed by atoms with Gasteiger partial charge in [-0.15, -0.1) is 0 Å². The number of hydrogen-bond donors (Lipinski definition) is 0. The van der Waals surface area contributed by atoms with E-state index in [0.29, 0.717) is 0 Å². The molecule has 0 radical (unpaired) electrons. The van der Waals surface area contributed by atoms with E-state index in [2.05, 4.69) is 230 Å². The normalized spacial score (nSPS) is 12.2. The summed E-state index contributed by atoms with van der Waals surface area (Å²) in [5, 5.41) is 14.0. The Morgan fingerprint density at radius 2 is 0.844 bits per heavy atom. The summed E-state index contributed by atoms with van der Waals surface area (Å²) < 4.78 is 13.8. The molecule has 2 heterocycles. The molecule has 0 bridgehead atoms.